The fourth-order valence-corrected chi connectivity index (χ4v) is 2.46. The fraction of sp³-hybridized carbons (Fsp3) is 0.263. The smallest absolute Gasteiger partial charge is 0.253 e. The minimum Gasteiger partial charge on any atom is -0.497 e. The first-order chi connectivity index (χ1) is 12.0. The summed E-state index contributed by atoms with van der Waals surface area (Å²) in [6, 6.07) is 13.9. The van der Waals surface area contributed by atoms with E-state index in [2.05, 4.69) is 10.6 Å². The molecule has 2 aromatic carbocycles. The lowest BCUT2D eigenvalue weighted by atomic mass is 9.94. The van der Waals surface area contributed by atoms with Gasteiger partial charge in [0.05, 0.1) is 24.3 Å². The lowest BCUT2D eigenvalue weighted by molar-refractivity contribution is -0.120. The number of rotatable bonds is 6. The Labute approximate surface area is 159 Å². The van der Waals surface area contributed by atoms with Crippen LogP contribution in [0.3, 0.4) is 0 Å². The molecule has 0 radical (unpaired) electrons. The van der Waals surface area contributed by atoms with Gasteiger partial charge in [0.1, 0.15) is 5.75 Å². The van der Waals surface area contributed by atoms with Crippen LogP contribution in [0.2, 0.25) is 0 Å². The number of ether oxygens (including phenoxy) is 1. The first-order valence-electron chi connectivity index (χ1n) is 7.99. The van der Waals surface area contributed by atoms with Gasteiger partial charge in [-0.1, -0.05) is 37.3 Å². The second kappa shape index (κ2) is 9.79. The van der Waals surface area contributed by atoms with E-state index in [1.54, 1.807) is 25.1 Å². The van der Waals surface area contributed by atoms with Gasteiger partial charge in [-0.05, 0) is 23.8 Å². The predicted octanol–water partition coefficient (Wildman–Crippen LogP) is 2.75. The van der Waals surface area contributed by atoms with Gasteiger partial charge >= 0.3 is 0 Å². The molecule has 0 saturated carbocycles. The molecule has 0 aliphatic carbocycles. The highest BCUT2D eigenvalue weighted by Crippen LogP contribution is 2.25. The Morgan fingerprint density at radius 3 is 2.35 bits per heavy atom. The molecule has 0 aromatic heterocycles. The highest BCUT2D eigenvalue weighted by atomic mass is 35.5. The van der Waals surface area contributed by atoms with Gasteiger partial charge in [0, 0.05) is 13.1 Å². The molecule has 2 amide bonds. The lowest BCUT2D eigenvalue weighted by Crippen LogP contribution is -2.31. The Bertz CT molecular complexity index is 753. The second-order valence-electron chi connectivity index (χ2n) is 5.71. The van der Waals surface area contributed by atoms with Crippen molar-refractivity contribution in [2.24, 2.45) is 11.7 Å². The molecule has 0 saturated heterocycles. The van der Waals surface area contributed by atoms with Crippen LogP contribution in [-0.4, -0.2) is 26.0 Å². The number of benzene rings is 2. The molecule has 4 N–H and O–H groups in total. The number of nitrogens with one attached hydrogen (secondary N) is 2. The Morgan fingerprint density at radius 1 is 1.12 bits per heavy atom. The third-order valence-corrected chi connectivity index (χ3v) is 4.09. The molecule has 2 aromatic rings. The average molecular weight is 378 g/mol. The van der Waals surface area contributed by atoms with Crippen molar-refractivity contribution in [3.63, 3.8) is 0 Å². The van der Waals surface area contributed by atoms with E-state index in [1.807, 2.05) is 30.3 Å². The number of carbonyl (C=O) groups is 2. The molecule has 2 atom stereocenters. The Morgan fingerprint density at radius 2 is 1.77 bits per heavy atom. The van der Waals surface area contributed by atoms with Gasteiger partial charge in [-0.15, -0.1) is 12.4 Å². The van der Waals surface area contributed by atoms with Crippen molar-refractivity contribution >= 4 is 29.9 Å². The summed E-state index contributed by atoms with van der Waals surface area (Å²) < 4.78 is 5.14. The van der Waals surface area contributed by atoms with Gasteiger partial charge in [-0.3, -0.25) is 9.59 Å². The topological polar surface area (TPSA) is 93.5 Å². The van der Waals surface area contributed by atoms with Crippen LogP contribution in [0, 0.1) is 5.92 Å². The summed E-state index contributed by atoms with van der Waals surface area (Å²) in [6.07, 6.45) is 0. The number of hydrogen-bond acceptors (Lipinski definition) is 4. The van der Waals surface area contributed by atoms with Crippen LogP contribution in [0.1, 0.15) is 28.9 Å². The quantitative estimate of drug-likeness (QED) is 0.721. The molecular weight excluding hydrogens is 354 g/mol. The van der Waals surface area contributed by atoms with Gasteiger partial charge in [0.25, 0.3) is 5.91 Å². The van der Waals surface area contributed by atoms with Crippen LogP contribution < -0.4 is 21.1 Å². The summed E-state index contributed by atoms with van der Waals surface area (Å²) in [4.78, 5) is 24.7. The van der Waals surface area contributed by atoms with E-state index in [0.717, 1.165) is 5.56 Å². The summed E-state index contributed by atoms with van der Waals surface area (Å²) in [5.74, 6) is -0.506. The third-order valence-electron chi connectivity index (χ3n) is 4.09. The molecule has 2 unspecified atom stereocenters. The Kier molecular flexibility index (Phi) is 8.09. The van der Waals surface area contributed by atoms with Gasteiger partial charge in [-0.25, -0.2) is 0 Å². The first-order valence-corrected chi connectivity index (χ1v) is 7.99. The van der Waals surface area contributed by atoms with Crippen molar-refractivity contribution < 1.29 is 14.3 Å². The Balaban J connectivity index is 0.00000338. The van der Waals surface area contributed by atoms with Crippen molar-refractivity contribution in [2.45, 2.75) is 13.0 Å². The molecule has 7 heteroatoms. The molecule has 140 valence electrons. The minimum absolute atomic E-state index is 0. The third kappa shape index (κ3) is 4.97. The van der Waals surface area contributed by atoms with E-state index in [9.17, 15) is 9.59 Å². The minimum atomic E-state index is -0.470. The van der Waals surface area contributed by atoms with E-state index in [1.165, 1.54) is 14.2 Å². The number of amides is 2. The summed E-state index contributed by atoms with van der Waals surface area (Å²) >= 11 is 0. The molecule has 0 aliphatic heterocycles. The largest absolute Gasteiger partial charge is 0.497 e. The van der Waals surface area contributed by atoms with Crippen molar-refractivity contribution in [1.82, 2.24) is 5.32 Å². The van der Waals surface area contributed by atoms with Crippen molar-refractivity contribution in [3.05, 3.63) is 59.7 Å². The molecule has 0 aliphatic rings. The molecule has 0 fully saturated rings. The van der Waals surface area contributed by atoms with E-state index in [4.69, 9.17) is 10.5 Å². The van der Waals surface area contributed by atoms with E-state index < -0.39 is 12.0 Å². The lowest BCUT2D eigenvalue weighted by Gasteiger charge is -2.20. The summed E-state index contributed by atoms with van der Waals surface area (Å²) in [6.45, 7) is 1.76. The number of halogens is 1. The zero-order chi connectivity index (χ0) is 18.4. The molecule has 0 spiro atoms. The summed E-state index contributed by atoms with van der Waals surface area (Å²) in [5, 5.41) is 5.35. The van der Waals surface area contributed by atoms with Gasteiger partial charge in [-0.2, -0.15) is 0 Å². The molecule has 0 bridgehead atoms. The molecular formula is C19H24ClN3O3. The second-order valence-corrected chi connectivity index (χ2v) is 5.71. The first kappa shape index (κ1) is 21.5. The standard InChI is InChI=1S/C19H23N3O3.ClH/c1-12(17(20)13-7-5-4-6-8-13)18(23)22-16-10-9-14(25-3)11-15(16)19(24)21-2;/h4-12,17H,20H2,1-3H3,(H,21,24)(H,22,23);1H. The van der Waals surface area contributed by atoms with Crippen LogP contribution in [0.5, 0.6) is 5.75 Å². The zero-order valence-electron chi connectivity index (χ0n) is 15.0. The van der Waals surface area contributed by atoms with Gasteiger partial charge in [0.2, 0.25) is 5.91 Å². The van der Waals surface area contributed by atoms with Crippen LogP contribution in [0.4, 0.5) is 5.69 Å². The monoisotopic (exact) mass is 377 g/mol. The predicted molar refractivity (Wildman–Crippen MR) is 105 cm³/mol. The van der Waals surface area contributed by atoms with E-state index in [0.29, 0.717) is 17.0 Å². The van der Waals surface area contributed by atoms with Crippen LogP contribution >= 0.6 is 12.4 Å². The van der Waals surface area contributed by atoms with Gasteiger partial charge in [0.15, 0.2) is 0 Å². The SMILES string of the molecule is CNC(=O)c1cc(OC)ccc1NC(=O)C(C)C(N)c1ccccc1.Cl. The zero-order valence-corrected chi connectivity index (χ0v) is 15.8. The maximum atomic E-state index is 12.6. The Hall–Kier alpha value is -2.57. The van der Waals surface area contributed by atoms with E-state index in [-0.39, 0.29) is 24.2 Å². The molecule has 2 rings (SSSR count). The van der Waals surface area contributed by atoms with E-state index >= 15 is 0 Å². The van der Waals surface area contributed by atoms with Gasteiger partial charge < -0.3 is 21.1 Å². The van der Waals surface area contributed by atoms with Crippen molar-refractivity contribution in [1.29, 1.82) is 0 Å². The van der Waals surface area contributed by atoms with Crippen LogP contribution in [0.15, 0.2) is 48.5 Å². The van der Waals surface area contributed by atoms with Crippen molar-refractivity contribution in [3.8, 4) is 5.75 Å². The molecule has 6 nitrogen and oxygen atoms in total. The fourth-order valence-electron chi connectivity index (χ4n) is 2.46. The summed E-state index contributed by atoms with van der Waals surface area (Å²) in [7, 11) is 3.05. The molecule has 0 heterocycles. The van der Waals surface area contributed by atoms with Crippen LogP contribution in [-0.2, 0) is 4.79 Å². The highest BCUT2D eigenvalue weighted by Gasteiger charge is 2.23. The van der Waals surface area contributed by atoms with Crippen LogP contribution in [0.25, 0.3) is 0 Å². The normalized spacial score (nSPS) is 12.3. The average Bonchev–Trinajstić information content (AvgIpc) is 2.67. The summed E-state index contributed by atoms with van der Waals surface area (Å²) in [5.41, 5.74) is 7.83. The maximum Gasteiger partial charge on any atom is 0.253 e. The number of anilines is 1. The number of carbonyl (C=O) groups excluding carboxylic acids is 2. The number of methoxy groups -OCH3 is 1. The highest BCUT2D eigenvalue weighted by molar-refractivity contribution is 6.04. The molecule has 26 heavy (non-hydrogen) atoms. The number of hydrogen-bond donors (Lipinski definition) is 3. The van der Waals surface area contributed by atoms with Crippen molar-refractivity contribution in [2.75, 3.05) is 19.5 Å². The number of nitrogens with two attached hydrogens (primary N) is 1. The maximum absolute atomic E-state index is 12.6.